The molecule has 0 saturated carbocycles. The van der Waals surface area contributed by atoms with E-state index in [1.165, 1.54) is 13.0 Å². The van der Waals surface area contributed by atoms with Gasteiger partial charge in [0.2, 0.25) is 11.8 Å². The molecule has 152 valence electrons. The molecule has 9 heteroatoms. The first-order valence-electron chi connectivity index (χ1n) is 8.90. The Morgan fingerprint density at radius 3 is 2.43 bits per heavy atom. The fourth-order valence-corrected chi connectivity index (χ4v) is 3.40. The highest BCUT2D eigenvalue weighted by Crippen LogP contribution is 2.33. The average Bonchev–Trinajstić information content (AvgIpc) is 2.68. The molecule has 1 aliphatic rings. The van der Waals surface area contributed by atoms with E-state index >= 15 is 0 Å². The first-order valence-corrected chi connectivity index (χ1v) is 9.66. The number of nitrogens with zero attached hydrogens (tertiary/aromatic N) is 1. The van der Waals surface area contributed by atoms with Crippen molar-refractivity contribution in [2.45, 2.75) is 25.8 Å². The number of carboxylic acid groups (broad SMARTS) is 1. The first-order chi connectivity index (χ1) is 13.2. The van der Waals surface area contributed by atoms with Gasteiger partial charge < -0.3 is 20.6 Å². The van der Waals surface area contributed by atoms with Crippen molar-refractivity contribution >= 4 is 52.7 Å². The summed E-state index contributed by atoms with van der Waals surface area (Å²) in [7, 11) is 1.74. The number of carbonyl (C=O) groups is 3. The number of hydrogen-bond acceptors (Lipinski definition) is 4. The molecule has 28 heavy (non-hydrogen) atoms. The maximum Gasteiger partial charge on any atom is 0.325 e. The van der Waals surface area contributed by atoms with Gasteiger partial charge in [0.1, 0.15) is 6.04 Å². The molecule has 1 aromatic carbocycles. The van der Waals surface area contributed by atoms with E-state index in [4.69, 9.17) is 28.3 Å². The van der Waals surface area contributed by atoms with Crippen LogP contribution in [0, 0.1) is 5.92 Å². The number of nitrogens with one attached hydrogen (secondary N) is 2. The number of halogens is 2. The molecular weight excluding hydrogens is 405 g/mol. The van der Waals surface area contributed by atoms with Crippen LogP contribution in [0.1, 0.15) is 25.3 Å². The molecule has 2 amide bonds. The first kappa shape index (κ1) is 22.0. The Kier molecular flexibility index (Phi) is 7.71. The van der Waals surface area contributed by atoms with Gasteiger partial charge in [-0.05, 0) is 37.5 Å². The second-order valence-electron chi connectivity index (χ2n) is 6.58. The SMILES string of the molecule is CNc1ccc(/C=C/C(=O)N2CCC(C(=O)NC(C)C(=O)O)CC2)c(Cl)c1Cl. The Morgan fingerprint density at radius 2 is 1.86 bits per heavy atom. The minimum atomic E-state index is -1.08. The molecule has 1 unspecified atom stereocenters. The molecule has 0 aliphatic carbocycles. The van der Waals surface area contributed by atoms with E-state index in [9.17, 15) is 14.4 Å². The molecule has 1 fully saturated rings. The predicted molar refractivity (Wildman–Crippen MR) is 110 cm³/mol. The molecule has 0 spiro atoms. The zero-order valence-corrected chi connectivity index (χ0v) is 17.2. The molecule has 0 bridgehead atoms. The van der Waals surface area contributed by atoms with Crippen LogP contribution in [0.5, 0.6) is 0 Å². The van der Waals surface area contributed by atoms with Gasteiger partial charge >= 0.3 is 5.97 Å². The third-order valence-corrected chi connectivity index (χ3v) is 5.59. The summed E-state index contributed by atoms with van der Waals surface area (Å²) >= 11 is 12.4. The summed E-state index contributed by atoms with van der Waals surface area (Å²) in [4.78, 5) is 37.0. The van der Waals surface area contributed by atoms with E-state index in [1.54, 1.807) is 30.2 Å². The monoisotopic (exact) mass is 427 g/mol. The molecule has 1 aliphatic heterocycles. The largest absolute Gasteiger partial charge is 0.480 e. The maximum absolute atomic E-state index is 12.4. The Labute approximate surface area is 173 Å². The number of anilines is 1. The summed E-state index contributed by atoms with van der Waals surface area (Å²) in [6.45, 7) is 2.27. The predicted octanol–water partition coefficient (Wildman–Crippen LogP) is 2.88. The van der Waals surface area contributed by atoms with Crippen molar-refractivity contribution in [1.29, 1.82) is 0 Å². The van der Waals surface area contributed by atoms with Crippen molar-refractivity contribution < 1.29 is 19.5 Å². The topological polar surface area (TPSA) is 98.7 Å². The number of piperidine rings is 1. The normalized spacial score (nSPS) is 16.1. The van der Waals surface area contributed by atoms with Gasteiger partial charge in [0, 0.05) is 32.1 Å². The maximum atomic E-state index is 12.4. The molecule has 3 N–H and O–H groups in total. The molecule has 1 aromatic rings. The highest BCUT2D eigenvalue weighted by Gasteiger charge is 2.28. The van der Waals surface area contributed by atoms with Crippen molar-refractivity contribution in [1.82, 2.24) is 10.2 Å². The summed E-state index contributed by atoms with van der Waals surface area (Å²) in [5.74, 6) is -1.84. The minimum absolute atomic E-state index is 0.178. The molecular formula is C19H23Cl2N3O4. The average molecular weight is 428 g/mol. The van der Waals surface area contributed by atoms with Gasteiger partial charge in [-0.2, -0.15) is 0 Å². The lowest BCUT2D eigenvalue weighted by atomic mass is 9.95. The summed E-state index contributed by atoms with van der Waals surface area (Å²) in [5, 5.41) is 15.0. The molecule has 0 radical (unpaired) electrons. The molecule has 0 aromatic heterocycles. The fraction of sp³-hybridized carbons (Fsp3) is 0.421. The van der Waals surface area contributed by atoms with Crippen molar-refractivity contribution in [2.75, 3.05) is 25.5 Å². The van der Waals surface area contributed by atoms with Gasteiger partial charge in [0.15, 0.2) is 0 Å². The van der Waals surface area contributed by atoms with E-state index in [0.29, 0.717) is 47.2 Å². The lowest BCUT2D eigenvalue weighted by Gasteiger charge is -2.31. The zero-order chi connectivity index (χ0) is 20.8. The van der Waals surface area contributed by atoms with Crippen LogP contribution in [0.15, 0.2) is 18.2 Å². The standard InChI is InChI=1S/C19H23Cl2N3O4/c1-11(19(27)28)23-18(26)13-7-9-24(10-8-13)15(25)6-4-12-3-5-14(22-2)17(21)16(12)20/h3-6,11,13,22H,7-10H2,1-2H3,(H,23,26)(H,27,28)/b6-4+. The summed E-state index contributed by atoms with van der Waals surface area (Å²) in [6.07, 6.45) is 4.02. The van der Waals surface area contributed by atoms with Gasteiger partial charge in [0.25, 0.3) is 0 Å². The molecule has 1 saturated heterocycles. The van der Waals surface area contributed by atoms with E-state index in [0.717, 1.165) is 0 Å². The third-order valence-electron chi connectivity index (χ3n) is 4.69. The highest BCUT2D eigenvalue weighted by molar-refractivity contribution is 6.44. The number of benzene rings is 1. The smallest absolute Gasteiger partial charge is 0.325 e. The van der Waals surface area contributed by atoms with Crippen molar-refractivity contribution in [3.05, 3.63) is 33.8 Å². The van der Waals surface area contributed by atoms with Crippen molar-refractivity contribution in [2.24, 2.45) is 5.92 Å². The van der Waals surface area contributed by atoms with E-state index in [1.807, 2.05) is 0 Å². The van der Waals surface area contributed by atoms with Crippen LogP contribution in [0.3, 0.4) is 0 Å². The van der Waals surface area contributed by atoms with Crippen LogP contribution in [0.2, 0.25) is 10.0 Å². The van der Waals surface area contributed by atoms with Gasteiger partial charge in [-0.15, -0.1) is 0 Å². The van der Waals surface area contributed by atoms with E-state index < -0.39 is 12.0 Å². The summed E-state index contributed by atoms with van der Waals surface area (Å²) in [5.41, 5.74) is 1.34. The number of rotatable bonds is 6. The molecule has 7 nitrogen and oxygen atoms in total. The Balaban J connectivity index is 1.92. The molecule has 1 heterocycles. The zero-order valence-electron chi connectivity index (χ0n) is 15.7. The number of carbonyl (C=O) groups excluding carboxylic acids is 2. The van der Waals surface area contributed by atoms with Gasteiger partial charge in [-0.3, -0.25) is 14.4 Å². The van der Waals surface area contributed by atoms with Crippen molar-refractivity contribution in [3.8, 4) is 0 Å². The van der Waals surface area contributed by atoms with Gasteiger partial charge in [-0.25, -0.2) is 0 Å². The van der Waals surface area contributed by atoms with Crippen LogP contribution in [-0.2, 0) is 14.4 Å². The lowest BCUT2D eigenvalue weighted by Crippen LogP contribution is -2.46. The highest BCUT2D eigenvalue weighted by atomic mass is 35.5. The van der Waals surface area contributed by atoms with E-state index in [-0.39, 0.29) is 17.7 Å². The number of hydrogen-bond donors (Lipinski definition) is 3. The fourth-order valence-electron chi connectivity index (χ4n) is 2.91. The second-order valence-corrected chi connectivity index (χ2v) is 7.34. The number of aliphatic carboxylic acids is 1. The van der Waals surface area contributed by atoms with E-state index in [2.05, 4.69) is 10.6 Å². The Bertz CT molecular complexity index is 790. The quantitative estimate of drug-likeness (QED) is 0.606. The summed E-state index contributed by atoms with van der Waals surface area (Å²) in [6, 6.07) is 2.62. The second kappa shape index (κ2) is 9.80. The lowest BCUT2D eigenvalue weighted by molar-refractivity contribution is -0.142. The van der Waals surface area contributed by atoms with Crippen LogP contribution in [0.25, 0.3) is 6.08 Å². The van der Waals surface area contributed by atoms with Crippen LogP contribution in [-0.4, -0.2) is 54.0 Å². The number of likely N-dealkylation sites (tertiary alicyclic amines) is 1. The molecule has 2 rings (SSSR count). The summed E-state index contributed by atoms with van der Waals surface area (Å²) < 4.78 is 0. The van der Waals surface area contributed by atoms with Crippen molar-refractivity contribution in [3.63, 3.8) is 0 Å². The van der Waals surface area contributed by atoms with Crippen LogP contribution < -0.4 is 10.6 Å². The molecule has 1 atom stereocenters. The Morgan fingerprint density at radius 1 is 1.21 bits per heavy atom. The minimum Gasteiger partial charge on any atom is -0.480 e. The van der Waals surface area contributed by atoms with Crippen LogP contribution in [0.4, 0.5) is 5.69 Å². The van der Waals surface area contributed by atoms with Gasteiger partial charge in [-0.1, -0.05) is 29.3 Å². The number of carboxylic acids is 1. The van der Waals surface area contributed by atoms with Crippen LogP contribution >= 0.6 is 23.2 Å². The van der Waals surface area contributed by atoms with Gasteiger partial charge in [0.05, 0.1) is 15.7 Å². The third kappa shape index (κ3) is 5.39. The Hall–Kier alpha value is -2.25. The number of amides is 2.